The van der Waals surface area contributed by atoms with Crippen LogP contribution in [-0.2, 0) is 4.74 Å². The molecule has 1 atom stereocenters. The quantitative estimate of drug-likeness (QED) is 0.773. The first kappa shape index (κ1) is 19.9. The Morgan fingerprint density at radius 1 is 1.07 bits per heavy atom. The summed E-state index contributed by atoms with van der Waals surface area (Å²) in [5, 5.41) is 11.9. The maximum Gasteiger partial charge on any atom is 0.148 e. The lowest BCUT2D eigenvalue weighted by Gasteiger charge is -2.36. The minimum Gasteiger partial charge on any atom is -0.381 e. The minimum absolute atomic E-state index is 0.268. The summed E-state index contributed by atoms with van der Waals surface area (Å²) in [6.07, 6.45) is 6.42. The Morgan fingerprint density at radius 2 is 1.87 bits per heavy atom. The number of nitrogens with one attached hydrogen (secondary N) is 1. The fraction of sp³-hybridized carbons (Fsp3) is 0.583. The van der Waals surface area contributed by atoms with E-state index in [4.69, 9.17) is 4.74 Å². The fourth-order valence-corrected chi connectivity index (χ4v) is 5.27. The summed E-state index contributed by atoms with van der Waals surface area (Å²) in [6, 6.07) is 10.4. The van der Waals surface area contributed by atoms with Crippen LogP contribution in [0.3, 0.4) is 0 Å². The van der Waals surface area contributed by atoms with E-state index >= 15 is 0 Å². The van der Waals surface area contributed by atoms with E-state index in [-0.39, 0.29) is 5.82 Å². The summed E-state index contributed by atoms with van der Waals surface area (Å²) in [6.45, 7) is 6.58. The van der Waals surface area contributed by atoms with Crippen LogP contribution in [0.2, 0.25) is 0 Å². The summed E-state index contributed by atoms with van der Waals surface area (Å²) in [5.74, 6) is 2.07. The van der Waals surface area contributed by atoms with E-state index in [2.05, 4.69) is 20.4 Å². The number of piperidine rings is 1. The van der Waals surface area contributed by atoms with Gasteiger partial charge in [0.1, 0.15) is 11.6 Å². The molecule has 30 heavy (non-hydrogen) atoms. The molecule has 3 fully saturated rings. The highest BCUT2D eigenvalue weighted by atomic mass is 19.1. The number of hydrogen-bond acceptors (Lipinski definition) is 5. The Labute approximate surface area is 178 Å². The predicted molar refractivity (Wildman–Crippen MR) is 116 cm³/mol. The zero-order chi connectivity index (χ0) is 20.4. The van der Waals surface area contributed by atoms with Gasteiger partial charge in [0.15, 0.2) is 0 Å². The van der Waals surface area contributed by atoms with Gasteiger partial charge in [-0.2, -0.15) is 0 Å². The minimum atomic E-state index is -0.268. The van der Waals surface area contributed by atoms with Gasteiger partial charge in [-0.1, -0.05) is 12.1 Å². The Hall–Kier alpha value is -2.05. The fourth-order valence-electron chi connectivity index (χ4n) is 5.27. The zero-order valence-electron chi connectivity index (χ0n) is 17.5. The van der Waals surface area contributed by atoms with Crippen LogP contribution >= 0.6 is 0 Å². The van der Waals surface area contributed by atoms with Crippen molar-refractivity contribution in [2.24, 2.45) is 17.3 Å². The summed E-state index contributed by atoms with van der Waals surface area (Å²) in [7, 11) is 0. The molecule has 160 valence electrons. The van der Waals surface area contributed by atoms with Gasteiger partial charge in [-0.05, 0) is 86.7 Å². The van der Waals surface area contributed by atoms with Gasteiger partial charge in [-0.3, -0.25) is 0 Å². The van der Waals surface area contributed by atoms with Crippen molar-refractivity contribution >= 4 is 5.82 Å². The van der Waals surface area contributed by atoms with Crippen LogP contribution in [0.4, 0.5) is 10.2 Å². The molecule has 5 rings (SSSR count). The van der Waals surface area contributed by atoms with E-state index in [1.165, 1.54) is 57.8 Å². The van der Waals surface area contributed by atoms with E-state index in [1.54, 1.807) is 12.1 Å². The monoisotopic (exact) mass is 410 g/mol. The third-order valence-electron chi connectivity index (χ3n) is 7.41. The summed E-state index contributed by atoms with van der Waals surface area (Å²) in [5.41, 5.74) is 1.60. The molecule has 1 spiro atoms. The smallest absolute Gasteiger partial charge is 0.148 e. The molecule has 0 bridgehead atoms. The molecule has 0 radical (unpaired) electrons. The SMILES string of the molecule is Fc1ccccc1-c1ccc(NC[C@@H]2CC23CCN(CC2CCOCC2)CC3)nn1. The van der Waals surface area contributed by atoms with Gasteiger partial charge in [-0.15, -0.1) is 10.2 Å². The molecular formula is C24H31FN4O. The van der Waals surface area contributed by atoms with Crippen molar-refractivity contribution in [2.75, 3.05) is 44.7 Å². The Balaban J connectivity index is 1.08. The van der Waals surface area contributed by atoms with Crippen molar-refractivity contribution < 1.29 is 9.13 Å². The van der Waals surface area contributed by atoms with E-state index in [0.29, 0.717) is 16.7 Å². The van der Waals surface area contributed by atoms with Gasteiger partial charge in [0, 0.05) is 31.9 Å². The van der Waals surface area contributed by atoms with Crippen LogP contribution in [0.5, 0.6) is 0 Å². The maximum absolute atomic E-state index is 13.9. The Bertz CT molecular complexity index is 845. The third kappa shape index (κ3) is 4.35. The molecule has 0 unspecified atom stereocenters. The topological polar surface area (TPSA) is 50.3 Å². The van der Waals surface area contributed by atoms with Crippen LogP contribution < -0.4 is 5.32 Å². The first-order valence-electron chi connectivity index (χ1n) is 11.3. The normalized spacial score (nSPS) is 24.1. The van der Waals surface area contributed by atoms with Crippen LogP contribution in [0.15, 0.2) is 36.4 Å². The van der Waals surface area contributed by atoms with Gasteiger partial charge in [0.2, 0.25) is 0 Å². The van der Waals surface area contributed by atoms with Crippen molar-refractivity contribution in [1.82, 2.24) is 15.1 Å². The Kier molecular flexibility index (Phi) is 5.70. The lowest BCUT2D eigenvalue weighted by atomic mass is 9.89. The van der Waals surface area contributed by atoms with Gasteiger partial charge in [0.05, 0.1) is 5.69 Å². The number of aromatic nitrogens is 2. The average molecular weight is 411 g/mol. The second-order valence-electron chi connectivity index (χ2n) is 9.28. The van der Waals surface area contributed by atoms with Crippen molar-refractivity contribution in [2.45, 2.75) is 32.1 Å². The van der Waals surface area contributed by atoms with Crippen LogP contribution in [-0.4, -0.2) is 54.5 Å². The summed E-state index contributed by atoms with van der Waals surface area (Å²) < 4.78 is 19.4. The number of ether oxygens (including phenoxy) is 1. The van der Waals surface area contributed by atoms with Crippen molar-refractivity contribution in [1.29, 1.82) is 0 Å². The number of benzene rings is 1. The number of likely N-dealkylation sites (tertiary alicyclic amines) is 1. The van der Waals surface area contributed by atoms with Crippen molar-refractivity contribution in [3.63, 3.8) is 0 Å². The first-order chi connectivity index (χ1) is 14.7. The molecule has 1 N–H and O–H groups in total. The number of halogens is 1. The molecule has 3 heterocycles. The number of hydrogen-bond donors (Lipinski definition) is 1. The molecule has 1 saturated carbocycles. The lowest BCUT2D eigenvalue weighted by molar-refractivity contribution is 0.0449. The standard InChI is InChI=1S/C24H31FN4O/c25-21-4-2-1-3-20(21)22-5-6-23(28-27-22)26-16-19-15-24(19)9-11-29(12-10-24)17-18-7-13-30-14-8-18/h1-6,18-19H,7-17H2,(H,26,28)/t19-/m0/s1. The van der Waals surface area contributed by atoms with Crippen LogP contribution in [0.25, 0.3) is 11.3 Å². The molecule has 1 aromatic carbocycles. The molecule has 3 aliphatic rings. The predicted octanol–water partition coefficient (Wildman–Crippen LogP) is 4.22. The number of rotatable bonds is 6. The number of nitrogens with zero attached hydrogens (tertiary/aromatic N) is 3. The molecule has 2 saturated heterocycles. The van der Waals surface area contributed by atoms with E-state index in [9.17, 15) is 4.39 Å². The van der Waals surface area contributed by atoms with Crippen LogP contribution in [0.1, 0.15) is 32.1 Å². The number of anilines is 1. The molecule has 6 heteroatoms. The highest BCUT2D eigenvalue weighted by molar-refractivity contribution is 5.60. The van der Waals surface area contributed by atoms with E-state index in [1.807, 2.05) is 18.2 Å². The highest BCUT2D eigenvalue weighted by Gasteiger charge is 2.54. The second kappa shape index (κ2) is 8.60. The molecule has 0 amide bonds. The van der Waals surface area contributed by atoms with Gasteiger partial charge >= 0.3 is 0 Å². The van der Waals surface area contributed by atoms with Gasteiger partial charge in [0.25, 0.3) is 0 Å². The van der Waals surface area contributed by atoms with Crippen molar-refractivity contribution in [3.8, 4) is 11.3 Å². The van der Waals surface area contributed by atoms with Gasteiger partial charge < -0.3 is 15.0 Å². The van der Waals surface area contributed by atoms with E-state index in [0.717, 1.165) is 37.4 Å². The largest absolute Gasteiger partial charge is 0.381 e. The molecule has 5 nitrogen and oxygen atoms in total. The molecule has 1 aromatic heterocycles. The van der Waals surface area contributed by atoms with E-state index < -0.39 is 0 Å². The van der Waals surface area contributed by atoms with Gasteiger partial charge in [-0.25, -0.2) is 4.39 Å². The first-order valence-corrected chi connectivity index (χ1v) is 11.3. The molecule has 2 aliphatic heterocycles. The third-order valence-corrected chi connectivity index (χ3v) is 7.41. The molecular weight excluding hydrogens is 379 g/mol. The molecule has 2 aromatic rings. The molecule has 1 aliphatic carbocycles. The maximum atomic E-state index is 13.9. The lowest BCUT2D eigenvalue weighted by Crippen LogP contribution is -2.39. The zero-order valence-corrected chi connectivity index (χ0v) is 17.5. The Morgan fingerprint density at radius 3 is 2.60 bits per heavy atom. The van der Waals surface area contributed by atoms with Crippen LogP contribution in [0, 0.1) is 23.1 Å². The highest BCUT2D eigenvalue weighted by Crippen LogP contribution is 2.59. The average Bonchev–Trinajstić information content (AvgIpc) is 3.47. The summed E-state index contributed by atoms with van der Waals surface area (Å²) >= 11 is 0. The second-order valence-corrected chi connectivity index (χ2v) is 9.28. The van der Waals surface area contributed by atoms with Crippen molar-refractivity contribution in [3.05, 3.63) is 42.2 Å². The summed E-state index contributed by atoms with van der Waals surface area (Å²) in [4.78, 5) is 2.68.